The number of hydrogen-bond acceptors (Lipinski definition) is 5. The van der Waals surface area contributed by atoms with Gasteiger partial charge in [-0.2, -0.15) is 0 Å². The van der Waals surface area contributed by atoms with Gasteiger partial charge in [0.2, 0.25) is 0 Å². The molecule has 0 N–H and O–H groups in total. The summed E-state index contributed by atoms with van der Waals surface area (Å²) in [6.07, 6.45) is 1.55. The second kappa shape index (κ2) is 9.00. The molecule has 1 saturated heterocycles. The Morgan fingerprint density at radius 1 is 1.00 bits per heavy atom. The van der Waals surface area contributed by atoms with Gasteiger partial charge in [-0.25, -0.2) is 0 Å². The van der Waals surface area contributed by atoms with Crippen molar-refractivity contribution in [2.45, 2.75) is 0 Å². The molecule has 2 amide bonds. The van der Waals surface area contributed by atoms with Crippen LogP contribution in [0, 0.1) is 0 Å². The Morgan fingerprint density at radius 2 is 1.80 bits per heavy atom. The Hall–Kier alpha value is -2.67. The van der Waals surface area contributed by atoms with Gasteiger partial charge >= 0.3 is 0 Å². The average Bonchev–Trinajstić information content (AvgIpc) is 3.31. The van der Waals surface area contributed by atoms with E-state index >= 15 is 0 Å². The summed E-state index contributed by atoms with van der Waals surface area (Å²) in [7, 11) is 0. The number of benzene rings is 2. The molecule has 1 aliphatic heterocycles. The van der Waals surface area contributed by atoms with Crippen LogP contribution in [0.5, 0.6) is 5.75 Å². The van der Waals surface area contributed by atoms with E-state index in [2.05, 4.69) is 0 Å². The number of thioether (sulfide) groups is 1. The third-order valence-corrected chi connectivity index (χ3v) is 6.04. The van der Waals surface area contributed by atoms with Crippen LogP contribution >= 0.6 is 35.0 Å². The van der Waals surface area contributed by atoms with Crippen LogP contribution in [0.1, 0.15) is 5.76 Å². The van der Waals surface area contributed by atoms with Gasteiger partial charge in [-0.05, 0) is 48.2 Å². The van der Waals surface area contributed by atoms with E-state index in [0.29, 0.717) is 32.9 Å². The fraction of sp³-hybridized carbons (Fsp3) is 0.0909. The number of carbonyl (C=O) groups excluding carboxylic acids is 2. The van der Waals surface area contributed by atoms with Crippen molar-refractivity contribution in [1.29, 1.82) is 0 Å². The second-order valence-corrected chi connectivity index (χ2v) is 8.08. The third kappa shape index (κ3) is 4.41. The molecule has 0 aliphatic carbocycles. The zero-order chi connectivity index (χ0) is 21.1. The van der Waals surface area contributed by atoms with E-state index < -0.39 is 0 Å². The monoisotopic (exact) mass is 459 g/mol. The molecule has 0 saturated carbocycles. The van der Waals surface area contributed by atoms with Gasteiger partial charge in [0.15, 0.2) is 0 Å². The molecule has 5 nitrogen and oxygen atoms in total. The lowest BCUT2D eigenvalue weighted by atomic mass is 10.2. The number of hydrogen-bond donors (Lipinski definition) is 0. The normalized spacial score (nSPS) is 15.3. The number of imide groups is 1. The number of carbonyl (C=O) groups is 2. The summed E-state index contributed by atoms with van der Waals surface area (Å²) in [4.78, 5) is 26.3. The van der Waals surface area contributed by atoms with Crippen LogP contribution in [0.2, 0.25) is 10.0 Å². The van der Waals surface area contributed by atoms with Gasteiger partial charge in [0.1, 0.15) is 23.9 Å². The maximum Gasteiger partial charge on any atom is 0.293 e. The molecule has 1 aromatic heterocycles. The van der Waals surface area contributed by atoms with E-state index in [1.807, 2.05) is 30.3 Å². The molecule has 1 fully saturated rings. The summed E-state index contributed by atoms with van der Waals surface area (Å²) in [6, 6.07) is 17.9. The highest BCUT2D eigenvalue weighted by Crippen LogP contribution is 2.36. The van der Waals surface area contributed by atoms with E-state index in [0.717, 1.165) is 16.7 Å². The number of nitrogens with zero attached hydrogens (tertiary/aromatic N) is 1. The Morgan fingerprint density at radius 3 is 2.60 bits per heavy atom. The number of ether oxygens (including phenoxy) is 1. The van der Waals surface area contributed by atoms with Crippen molar-refractivity contribution in [2.75, 3.05) is 13.2 Å². The van der Waals surface area contributed by atoms with Crippen molar-refractivity contribution >= 4 is 52.2 Å². The fourth-order valence-corrected chi connectivity index (χ4v) is 4.10. The summed E-state index contributed by atoms with van der Waals surface area (Å²) in [5.74, 6) is 1.26. The number of amides is 2. The van der Waals surface area contributed by atoms with Crippen LogP contribution in [0.15, 0.2) is 70.0 Å². The molecule has 8 heteroatoms. The minimum absolute atomic E-state index is 0.165. The van der Waals surface area contributed by atoms with Gasteiger partial charge in [0.05, 0.1) is 21.5 Å². The van der Waals surface area contributed by atoms with Gasteiger partial charge in [-0.15, -0.1) is 0 Å². The smallest absolute Gasteiger partial charge is 0.293 e. The van der Waals surface area contributed by atoms with E-state index in [1.54, 1.807) is 36.4 Å². The highest BCUT2D eigenvalue weighted by atomic mass is 35.5. The molecule has 0 atom stereocenters. The van der Waals surface area contributed by atoms with Crippen LogP contribution in [0.3, 0.4) is 0 Å². The molecule has 30 heavy (non-hydrogen) atoms. The van der Waals surface area contributed by atoms with Gasteiger partial charge in [-0.1, -0.05) is 47.5 Å². The molecule has 1 aliphatic rings. The summed E-state index contributed by atoms with van der Waals surface area (Å²) >= 11 is 13.2. The molecule has 0 unspecified atom stereocenters. The molecule has 2 aromatic carbocycles. The van der Waals surface area contributed by atoms with Crippen molar-refractivity contribution in [3.63, 3.8) is 0 Å². The Balaban J connectivity index is 1.44. The van der Waals surface area contributed by atoms with Crippen LogP contribution in [0.25, 0.3) is 17.4 Å². The summed E-state index contributed by atoms with van der Waals surface area (Å²) in [6.45, 7) is 0.381. The predicted octanol–water partition coefficient (Wildman–Crippen LogP) is 6.37. The van der Waals surface area contributed by atoms with Crippen molar-refractivity contribution in [3.05, 3.63) is 81.4 Å². The summed E-state index contributed by atoms with van der Waals surface area (Å²) < 4.78 is 11.4. The lowest BCUT2D eigenvalue weighted by Crippen LogP contribution is -2.32. The molecule has 4 rings (SSSR count). The first-order valence-electron chi connectivity index (χ1n) is 9.00. The highest BCUT2D eigenvalue weighted by molar-refractivity contribution is 8.18. The fourth-order valence-electron chi connectivity index (χ4n) is 2.86. The molecule has 3 aromatic rings. The van der Waals surface area contributed by atoms with Crippen LogP contribution in [-0.2, 0) is 4.79 Å². The van der Waals surface area contributed by atoms with Crippen molar-refractivity contribution in [1.82, 2.24) is 4.90 Å². The van der Waals surface area contributed by atoms with Gasteiger partial charge in [0, 0.05) is 11.6 Å². The van der Waals surface area contributed by atoms with Crippen molar-refractivity contribution in [2.24, 2.45) is 0 Å². The standard InChI is InChI=1S/C22H15Cl2NO4S/c23-17-8-4-7-16(20(17)24)18-10-9-15(29-18)13-19-21(26)25(22(27)30-19)11-12-28-14-5-2-1-3-6-14/h1-10,13H,11-12H2/b19-13-. The van der Waals surface area contributed by atoms with Gasteiger partial charge < -0.3 is 9.15 Å². The maximum atomic E-state index is 12.6. The third-order valence-electron chi connectivity index (χ3n) is 4.32. The molecule has 0 bridgehead atoms. The molecular weight excluding hydrogens is 445 g/mol. The van der Waals surface area contributed by atoms with E-state index in [-0.39, 0.29) is 29.2 Å². The van der Waals surface area contributed by atoms with E-state index in [1.165, 1.54) is 0 Å². The van der Waals surface area contributed by atoms with Crippen LogP contribution in [0.4, 0.5) is 4.79 Å². The highest BCUT2D eigenvalue weighted by Gasteiger charge is 2.35. The molecule has 2 heterocycles. The lowest BCUT2D eigenvalue weighted by molar-refractivity contribution is -0.123. The Bertz CT molecular complexity index is 1130. The summed E-state index contributed by atoms with van der Waals surface area (Å²) in [5, 5.41) is 0.470. The minimum atomic E-state index is -0.375. The maximum absolute atomic E-state index is 12.6. The topological polar surface area (TPSA) is 59.8 Å². The second-order valence-electron chi connectivity index (χ2n) is 6.30. The van der Waals surface area contributed by atoms with E-state index in [9.17, 15) is 9.59 Å². The van der Waals surface area contributed by atoms with Crippen molar-refractivity contribution < 1.29 is 18.7 Å². The Kier molecular flexibility index (Phi) is 6.18. The molecule has 152 valence electrons. The number of rotatable bonds is 6. The van der Waals surface area contributed by atoms with Crippen LogP contribution < -0.4 is 4.74 Å². The van der Waals surface area contributed by atoms with Gasteiger partial charge in [0.25, 0.3) is 11.1 Å². The zero-order valence-electron chi connectivity index (χ0n) is 15.5. The average molecular weight is 460 g/mol. The molecular formula is C22H15Cl2NO4S. The number of halogens is 2. The van der Waals surface area contributed by atoms with E-state index in [4.69, 9.17) is 32.4 Å². The molecule has 0 radical (unpaired) electrons. The minimum Gasteiger partial charge on any atom is -0.492 e. The SMILES string of the molecule is O=C1S/C(=C\c2ccc(-c3cccc(Cl)c3Cl)o2)C(=O)N1CCOc1ccccc1. The van der Waals surface area contributed by atoms with Crippen LogP contribution in [-0.4, -0.2) is 29.2 Å². The zero-order valence-corrected chi connectivity index (χ0v) is 17.8. The lowest BCUT2D eigenvalue weighted by Gasteiger charge is -2.13. The predicted molar refractivity (Wildman–Crippen MR) is 119 cm³/mol. The first kappa shape index (κ1) is 20.6. The Labute approximate surface area is 187 Å². The number of para-hydroxylation sites is 1. The number of furan rings is 1. The molecule has 0 spiro atoms. The van der Waals surface area contributed by atoms with Gasteiger partial charge in [-0.3, -0.25) is 14.5 Å². The first-order valence-corrected chi connectivity index (χ1v) is 10.6. The first-order chi connectivity index (χ1) is 14.5. The quantitative estimate of drug-likeness (QED) is 0.400. The van der Waals surface area contributed by atoms with Crippen molar-refractivity contribution in [3.8, 4) is 17.1 Å². The largest absolute Gasteiger partial charge is 0.492 e. The summed E-state index contributed by atoms with van der Waals surface area (Å²) in [5.41, 5.74) is 0.648.